The maximum atomic E-state index is 13.0. The van der Waals surface area contributed by atoms with E-state index in [2.05, 4.69) is 41.2 Å². The molecule has 31 heavy (non-hydrogen) atoms. The number of ether oxygens (including phenoxy) is 1. The Morgan fingerprint density at radius 1 is 1.23 bits per heavy atom. The Kier molecular flexibility index (Phi) is 10.5. The van der Waals surface area contributed by atoms with Crippen LogP contribution in [-0.4, -0.2) is 35.6 Å². The molecule has 0 aliphatic rings. The van der Waals surface area contributed by atoms with E-state index < -0.39 is 0 Å². The molecule has 0 radical (unpaired) electrons. The van der Waals surface area contributed by atoms with Crippen LogP contribution in [0.5, 0.6) is 5.75 Å². The first-order chi connectivity index (χ1) is 14.9. The van der Waals surface area contributed by atoms with E-state index >= 15 is 0 Å². The van der Waals surface area contributed by atoms with Crippen LogP contribution in [-0.2, 0) is 6.42 Å². The Balaban J connectivity index is 2.07. The van der Waals surface area contributed by atoms with Crippen molar-refractivity contribution in [1.82, 2.24) is 10.2 Å². The van der Waals surface area contributed by atoms with Crippen molar-refractivity contribution in [3.8, 4) is 11.8 Å². The maximum Gasteiger partial charge on any atom is 0.261 e. The highest BCUT2D eigenvalue weighted by Crippen LogP contribution is 2.24. The first-order valence-corrected chi connectivity index (χ1v) is 11.5. The van der Waals surface area contributed by atoms with Gasteiger partial charge in [0.15, 0.2) is 5.11 Å². The third-order valence-electron chi connectivity index (χ3n) is 4.65. The van der Waals surface area contributed by atoms with Gasteiger partial charge in [-0.1, -0.05) is 60.1 Å². The Morgan fingerprint density at radius 3 is 2.65 bits per heavy atom. The smallest absolute Gasteiger partial charge is 0.261 e. The minimum Gasteiger partial charge on any atom is -0.493 e. The van der Waals surface area contributed by atoms with E-state index in [9.17, 15) is 4.79 Å². The molecule has 0 saturated carbocycles. The molecule has 5 nitrogen and oxygen atoms in total. The van der Waals surface area contributed by atoms with Gasteiger partial charge < -0.3 is 9.64 Å². The second-order valence-corrected chi connectivity index (χ2v) is 8.86. The number of nitrogens with one attached hydrogen (secondary N) is 1. The molecule has 0 bridgehead atoms. The fraction of sp³-hybridized carbons (Fsp3) is 0.375. The summed E-state index contributed by atoms with van der Waals surface area (Å²) in [6.07, 6.45) is 1.99. The quantitative estimate of drug-likeness (QED) is 0.444. The number of hydrogen-bond acceptors (Lipinski definition) is 4. The summed E-state index contributed by atoms with van der Waals surface area (Å²) in [5.74, 6) is 0.711. The molecule has 0 atom stereocenters. The summed E-state index contributed by atoms with van der Waals surface area (Å²) in [6, 6.07) is 17.5. The molecule has 0 aromatic heterocycles. The van der Waals surface area contributed by atoms with E-state index in [0.717, 1.165) is 17.3 Å². The lowest BCUT2D eigenvalue weighted by molar-refractivity contribution is 0.0969. The van der Waals surface area contributed by atoms with E-state index in [-0.39, 0.29) is 5.91 Å². The van der Waals surface area contributed by atoms with Crippen molar-refractivity contribution >= 4 is 39.2 Å². The van der Waals surface area contributed by atoms with Crippen LogP contribution in [0.4, 0.5) is 0 Å². The monoisotopic (exact) mass is 501 g/mol. The molecule has 7 heteroatoms. The Bertz CT molecular complexity index is 913. The van der Waals surface area contributed by atoms with Gasteiger partial charge in [-0.25, -0.2) is 0 Å². The standard InChI is InChI=1S/C24H28BrN3O2S/c1-18(2)12-16-30-22-10-9-20(25)17-21(22)23(29)27-24(31)28(14-6-13-26)15-11-19-7-4-3-5-8-19/h3-5,7-10,17-18H,6,11-12,14-16H2,1-2H3,(H,27,29,31). The molecule has 0 aliphatic heterocycles. The average molecular weight is 502 g/mol. The number of nitrogens with zero attached hydrogens (tertiary/aromatic N) is 2. The molecule has 1 amide bonds. The molecule has 1 N–H and O–H groups in total. The zero-order valence-electron chi connectivity index (χ0n) is 17.9. The van der Waals surface area contributed by atoms with Gasteiger partial charge in [0.25, 0.3) is 5.91 Å². The van der Waals surface area contributed by atoms with Gasteiger partial charge in [0, 0.05) is 17.6 Å². The van der Waals surface area contributed by atoms with E-state index in [1.54, 1.807) is 12.1 Å². The third-order valence-corrected chi connectivity index (χ3v) is 5.51. The molecule has 164 valence electrons. The van der Waals surface area contributed by atoms with Gasteiger partial charge in [-0.2, -0.15) is 5.26 Å². The van der Waals surface area contributed by atoms with Crippen molar-refractivity contribution in [2.45, 2.75) is 33.1 Å². The predicted octanol–water partition coefficient (Wildman–Crippen LogP) is 5.35. The second kappa shape index (κ2) is 13.1. The molecule has 0 unspecified atom stereocenters. The maximum absolute atomic E-state index is 13.0. The van der Waals surface area contributed by atoms with Crippen molar-refractivity contribution < 1.29 is 9.53 Å². The summed E-state index contributed by atoms with van der Waals surface area (Å²) in [7, 11) is 0. The number of thiocarbonyl (C=S) groups is 1. The van der Waals surface area contributed by atoms with E-state index in [0.29, 0.717) is 48.5 Å². The van der Waals surface area contributed by atoms with Gasteiger partial charge in [0.1, 0.15) is 5.75 Å². The lowest BCUT2D eigenvalue weighted by Gasteiger charge is -2.25. The molecular weight excluding hydrogens is 474 g/mol. The molecule has 2 aromatic carbocycles. The van der Waals surface area contributed by atoms with Gasteiger partial charge in [-0.3, -0.25) is 10.1 Å². The Hall–Kier alpha value is -2.43. The van der Waals surface area contributed by atoms with Crippen LogP contribution < -0.4 is 10.1 Å². The van der Waals surface area contributed by atoms with Crippen molar-refractivity contribution in [2.24, 2.45) is 5.92 Å². The molecule has 0 spiro atoms. The SMILES string of the molecule is CC(C)CCOc1ccc(Br)cc1C(=O)NC(=S)N(CCC#N)CCc1ccccc1. The number of carbonyl (C=O) groups is 1. The normalized spacial score (nSPS) is 10.4. The summed E-state index contributed by atoms with van der Waals surface area (Å²) in [5.41, 5.74) is 1.59. The highest BCUT2D eigenvalue weighted by molar-refractivity contribution is 9.10. The first-order valence-electron chi connectivity index (χ1n) is 10.3. The molecule has 0 saturated heterocycles. The Morgan fingerprint density at radius 2 is 1.97 bits per heavy atom. The van der Waals surface area contributed by atoms with Crippen molar-refractivity contribution in [3.63, 3.8) is 0 Å². The zero-order chi connectivity index (χ0) is 22.6. The Labute approximate surface area is 198 Å². The number of rotatable bonds is 10. The topological polar surface area (TPSA) is 65.4 Å². The van der Waals surface area contributed by atoms with Gasteiger partial charge in [0.05, 0.1) is 24.7 Å². The van der Waals surface area contributed by atoms with Crippen LogP contribution in [0.2, 0.25) is 0 Å². The third kappa shape index (κ3) is 8.68. The van der Waals surface area contributed by atoms with E-state index in [4.69, 9.17) is 22.2 Å². The minimum atomic E-state index is -0.326. The predicted molar refractivity (Wildman–Crippen MR) is 131 cm³/mol. The highest BCUT2D eigenvalue weighted by atomic mass is 79.9. The summed E-state index contributed by atoms with van der Waals surface area (Å²) < 4.78 is 6.64. The van der Waals surface area contributed by atoms with Gasteiger partial charge >= 0.3 is 0 Å². The number of carbonyl (C=O) groups excluding carboxylic acids is 1. The number of halogens is 1. The summed E-state index contributed by atoms with van der Waals surface area (Å²) in [4.78, 5) is 14.8. The van der Waals surface area contributed by atoms with Crippen molar-refractivity contribution in [2.75, 3.05) is 19.7 Å². The van der Waals surface area contributed by atoms with E-state index in [1.165, 1.54) is 5.56 Å². The first kappa shape index (κ1) is 24.8. The van der Waals surface area contributed by atoms with Crippen LogP contribution in [0.3, 0.4) is 0 Å². The van der Waals surface area contributed by atoms with Gasteiger partial charge in [-0.15, -0.1) is 0 Å². The lowest BCUT2D eigenvalue weighted by Crippen LogP contribution is -2.44. The van der Waals surface area contributed by atoms with Crippen LogP contribution >= 0.6 is 28.1 Å². The van der Waals surface area contributed by atoms with Crippen molar-refractivity contribution in [3.05, 3.63) is 64.1 Å². The number of hydrogen-bond donors (Lipinski definition) is 1. The van der Waals surface area contributed by atoms with Crippen LogP contribution in [0, 0.1) is 17.2 Å². The van der Waals surface area contributed by atoms with Crippen LogP contribution in [0.1, 0.15) is 42.6 Å². The molecule has 2 aromatic rings. The second-order valence-electron chi connectivity index (χ2n) is 7.56. The van der Waals surface area contributed by atoms with Gasteiger partial charge in [0.2, 0.25) is 0 Å². The summed E-state index contributed by atoms with van der Waals surface area (Å²) in [6.45, 7) is 5.86. The van der Waals surface area contributed by atoms with E-state index in [1.807, 2.05) is 41.3 Å². The fourth-order valence-electron chi connectivity index (χ4n) is 2.86. The van der Waals surface area contributed by atoms with Crippen LogP contribution in [0.15, 0.2) is 53.0 Å². The van der Waals surface area contributed by atoms with Crippen molar-refractivity contribution in [1.29, 1.82) is 5.26 Å². The summed E-state index contributed by atoms with van der Waals surface area (Å²) in [5, 5.41) is 12.1. The molecule has 2 rings (SSSR count). The molecule has 0 heterocycles. The number of amides is 1. The number of benzene rings is 2. The largest absolute Gasteiger partial charge is 0.493 e. The van der Waals surface area contributed by atoms with Crippen LogP contribution in [0.25, 0.3) is 0 Å². The molecular formula is C24H28BrN3O2S. The fourth-order valence-corrected chi connectivity index (χ4v) is 3.50. The molecule has 0 aliphatic carbocycles. The zero-order valence-corrected chi connectivity index (χ0v) is 20.3. The highest BCUT2D eigenvalue weighted by Gasteiger charge is 2.18. The van der Waals surface area contributed by atoms with Gasteiger partial charge in [-0.05, 0) is 54.7 Å². The lowest BCUT2D eigenvalue weighted by atomic mass is 10.1. The molecule has 0 fully saturated rings. The average Bonchev–Trinajstić information content (AvgIpc) is 2.75. The summed E-state index contributed by atoms with van der Waals surface area (Å²) >= 11 is 8.93. The minimum absolute atomic E-state index is 0.310. The number of nitriles is 1.